The van der Waals surface area contributed by atoms with Crippen LogP contribution in [-0.4, -0.2) is 65.0 Å². The molecule has 1 N–H and O–H groups in total. The van der Waals surface area contributed by atoms with Gasteiger partial charge in [0, 0.05) is 43.4 Å². The SMILES string of the molecule is CSCC(=O)N1CC2CN(Cc3cc4ccccc4o3)CC2(CCC(=O)O)C1. The van der Waals surface area contributed by atoms with Gasteiger partial charge in [-0.05, 0) is 30.7 Å². The van der Waals surface area contributed by atoms with Crippen molar-refractivity contribution in [3.8, 4) is 0 Å². The zero-order chi connectivity index (χ0) is 19.7. The molecular weight excluding hydrogens is 376 g/mol. The van der Waals surface area contributed by atoms with E-state index in [1.165, 1.54) is 11.8 Å². The number of nitrogens with zero attached hydrogens (tertiary/aromatic N) is 2. The molecule has 0 bridgehead atoms. The van der Waals surface area contributed by atoms with Crippen molar-refractivity contribution in [2.45, 2.75) is 19.4 Å². The lowest BCUT2D eigenvalue weighted by Crippen LogP contribution is -2.37. The summed E-state index contributed by atoms with van der Waals surface area (Å²) in [7, 11) is 0. The maximum atomic E-state index is 12.4. The summed E-state index contributed by atoms with van der Waals surface area (Å²) in [5, 5.41) is 10.3. The van der Waals surface area contributed by atoms with Crippen molar-refractivity contribution >= 4 is 34.6 Å². The maximum absolute atomic E-state index is 12.4. The Labute approximate surface area is 168 Å². The van der Waals surface area contributed by atoms with Gasteiger partial charge in [0.15, 0.2) is 0 Å². The number of furan rings is 1. The topological polar surface area (TPSA) is 74.0 Å². The number of hydrogen-bond donors (Lipinski definition) is 1. The predicted octanol–water partition coefficient (Wildman–Crippen LogP) is 2.92. The fourth-order valence-corrected chi connectivity index (χ4v) is 5.29. The van der Waals surface area contributed by atoms with Crippen LogP contribution in [-0.2, 0) is 16.1 Å². The number of carbonyl (C=O) groups is 2. The van der Waals surface area contributed by atoms with Crippen LogP contribution in [0, 0.1) is 11.3 Å². The lowest BCUT2D eigenvalue weighted by molar-refractivity contribution is -0.137. The van der Waals surface area contributed by atoms with Crippen LogP contribution in [0.15, 0.2) is 34.7 Å². The molecule has 2 unspecified atom stereocenters. The van der Waals surface area contributed by atoms with Crippen molar-refractivity contribution in [3.63, 3.8) is 0 Å². The van der Waals surface area contributed by atoms with Crippen molar-refractivity contribution in [2.24, 2.45) is 11.3 Å². The Bertz CT molecular complexity index is 849. The Morgan fingerprint density at radius 2 is 2.11 bits per heavy atom. The van der Waals surface area contributed by atoms with Gasteiger partial charge in [-0.1, -0.05) is 18.2 Å². The van der Waals surface area contributed by atoms with Gasteiger partial charge >= 0.3 is 5.97 Å². The average molecular weight is 403 g/mol. The zero-order valence-electron chi connectivity index (χ0n) is 16.1. The third-order valence-electron chi connectivity index (χ3n) is 6.14. The van der Waals surface area contributed by atoms with E-state index in [9.17, 15) is 14.7 Å². The molecular formula is C21H26N2O4S. The summed E-state index contributed by atoms with van der Waals surface area (Å²) in [6, 6.07) is 10.1. The molecule has 2 fully saturated rings. The summed E-state index contributed by atoms with van der Waals surface area (Å²) in [4.78, 5) is 27.9. The first-order valence-electron chi connectivity index (χ1n) is 9.67. The second-order valence-corrected chi connectivity index (χ2v) is 8.95. The Hall–Kier alpha value is -1.99. The average Bonchev–Trinajstić information content (AvgIpc) is 3.30. The molecule has 28 heavy (non-hydrogen) atoms. The summed E-state index contributed by atoms with van der Waals surface area (Å²) < 4.78 is 5.97. The Kier molecular flexibility index (Phi) is 5.38. The molecule has 2 saturated heterocycles. The summed E-state index contributed by atoms with van der Waals surface area (Å²) >= 11 is 1.54. The second-order valence-electron chi connectivity index (χ2n) is 8.08. The van der Waals surface area contributed by atoms with E-state index >= 15 is 0 Å². The minimum absolute atomic E-state index is 0.127. The highest BCUT2D eigenvalue weighted by Gasteiger charge is 2.53. The molecule has 1 amide bonds. The van der Waals surface area contributed by atoms with Crippen molar-refractivity contribution in [3.05, 3.63) is 36.1 Å². The molecule has 0 spiro atoms. The van der Waals surface area contributed by atoms with Crippen molar-refractivity contribution in [1.82, 2.24) is 9.80 Å². The van der Waals surface area contributed by atoms with Crippen LogP contribution in [0.4, 0.5) is 0 Å². The lowest BCUT2D eigenvalue weighted by Gasteiger charge is -2.29. The van der Waals surface area contributed by atoms with Gasteiger partial charge in [-0.15, -0.1) is 0 Å². The normalized spacial score (nSPS) is 24.8. The number of amides is 1. The molecule has 150 valence electrons. The first-order chi connectivity index (χ1) is 13.5. The number of para-hydroxylation sites is 1. The first kappa shape index (κ1) is 19.3. The van der Waals surface area contributed by atoms with E-state index in [1.54, 1.807) is 0 Å². The van der Waals surface area contributed by atoms with Gasteiger partial charge in [-0.25, -0.2) is 0 Å². The standard InChI is InChI=1S/C21H26N2O4S/c1-28-12-19(24)23-10-16-9-22(13-21(16,14-23)7-6-20(25)26)11-17-8-15-4-2-3-5-18(15)27-17/h2-5,8,16H,6-7,9-14H2,1H3,(H,25,26). The van der Waals surface area contributed by atoms with E-state index in [4.69, 9.17) is 4.42 Å². The first-order valence-corrected chi connectivity index (χ1v) is 11.1. The van der Waals surface area contributed by atoms with Gasteiger partial charge in [-0.3, -0.25) is 14.5 Å². The zero-order valence-corrected chi connectivity index (χ0v) is 16.9. The summed E-state index contributed by atoms with van der Waals surface area (Å²) in [6.07, 6.45) is 2.70. The van der Waals surface area contributed by atoms with Crippen molar-refractivity contribution < 1.29 is 19.1 Å². The van der Waals surface area contributed by atoms with E-state index in [2.05, 4.69) is 11.0 Å². The number of hydrogen-bond acceptors (Lipinski definition) is 5. The number of rotatable bonds is 7. The molecule has 2 aromatic rings. The highest BCUT2D eigenvalue weighted by atomic mass is 32.2. The molecule has 0 saturated carbocycles. The highest BCUT2D eigenvalue weighted by molar-refractivity contribution is 7.99. The van der Waals surface area contributed by atoms with E-state index in [0.717, 1.165) is 42.9 Å². The number of aliphatic carboxylic acids is 1. The van der Waals surface area contributed by atoms with E-state index < -0.39 is 5.97 Å². The molecule has 2 aliphatic heterocycles. The fraction of sp³-hybridized carbons (Fsp3) is 0.524. The van der Waals surface area contributed by atoms with Crippen molar-refractivity contribution in [2.75, 3.05) is 38.2 Å². The molecule has 7 heteroatoms. The molecule has 3 heterocycles. The molecule has 4 rings (SSSR count). The van der Waals surface area contributed by atoms with Gasteiger partial charge < -0.3 is 14.4 Å². The fourth-order valence-electron chi connectivity index (χ4n) is 4.86. The molecule has 2 aliphatic rings. The smallest absolute Gasteiger partial charge is 0.303 e. The maximum Gasteiger partial charge on any atom is 0.303 e. The number of fused-ring (bicyclic) bond motifs is 2. The van der Waals surface area contributed by atoms with Gasteiger partial charge in [-0.2, -0.15) is 11.8 Å². The van der Waals surface area contributed by atoms with Gasteiger partial charge in [0.1, 0.15) is 11.3 Å². The quantitative estimate of drug-likeness (QED) is 0.768. The molecule has 2 atom stereocenters. The van der Waals surface area contributed by atoms with Gasteiger partial charge in [0.25, 0.3) is 0 Å². The minimum atomic E-state index is -0.766. The summed E-state index contributed by atoms with van der Waals surface area (Å²) in [5.74, 6) is 1.15. The number of benzene rings is 1. The Morgan fingerprint density at radius 1 is 1.29 bits per heavy atom. The minimum Gasteiger partial charge on any atom is -0.481 e. The van der Waals surface area contributed by atoms with Crippen LogP contribution in [0.3, 0.4) is 0 Å². The van der Waals surface area contributed by atoms with Crippen molar-refractivity contribution in [1.29, 1.82) is 0 Å². The van der Waals surface area contributed by atoms with Crippen LogP contribution in [0.1, 0.15) is 18.6 Å². The van der Waals surface area contributed by atoms with Crippen LogP contribution in [0.5, 0.6) is 0 Å². The predicted molar refractivity (Wildman–Crippen MR) is 109 cm³/mol. The van der Waals surface area contributed by atoms with Crippen LogP contribution in [0.25, 0.3) is 11.0 Å². The molecule has 1 aromatic heterocycles. The number of thioether (sulfide) groups is 1. The highest BCUT2D eigenvalue weighted by Crippen LogP contribution is 2.46. The second kappa shape index (κ2) is 7.79. The third kappa shape index (κ3) is 3.78. The monoisotopic (exact) mass is 402 g/mol. The third-order valence-corrected chi connectivity index (χ3v) is 6.68. The number of carboxylic acid groups (broad SMARTS) is 1. The van der Waals surface area contributed by atoms with E-state index in [1.807, 2.05) is 35.4 Å². The lowest BCUT2D eigenvalue weighted by atomic mass is 9.77. The summed E-state index contributed by atoms with van der Waals surface area (Å²) in [5.41, 5.74) is 0.768. The Balaban J connectivity index is 1.48. The summed E-state index contributed by atoms with van der Waals surface area (Å²) in [6.45, 7) is 3.81. The Morgan fingerprint density at radius 3 is 2.86 bits per heavy atom. The largest absolute Gasteiger partial charge is 0.481 e. The van der Waals surface area contributed by atoms with Crippen LogP contribution in [0.2, 0.25) is 0 Å². The van der Waals surface area contributed by atoms with Crippen LogP contribution < -0.4 is 0 Å². The van der Waals surface area contributed by atoms with Gasteiger partial charge in [0.2, 0.25) is 5.91 Å². The molecule has 0 radical (unpaired) electrons. The number of likely N-dealkylation sites (tertiary alicyclic amines) is 2. The number of carboxylic acids is 1. The van der Waals surface area contributed by atoms with Gasteiger partial charge in [0.05, 0.1) is 12.3 Å². The molecule has 6 nitrogen and oxygen atoms in total. The van der Waals surface area contributed by atoms with E-state index in [-0.39, 0.29) is 17.7 Å². The molecule has 0 aliphatic carbocycles. The van der Waals surface area contributed by atoms with E-state index in [0.29, 0.717) is 24.6 Å². The number of carbonyl (C=O) groups excluding carboxylic acids is 1. The van der Waals surface area contributed by atoms with Crippen LogP contribution >= 0.6 is 11.8 Å². The molecule has 1 aromatic carbocycles.